The Morgan fingerprint density at radius 1 is 2.00 bits per heavy atom. The summed E-state index contributed by atoms with van der Waals surface area (Å²) in [6, 6.07) is 2.15. The molecule has 2 nitrogen and oxygen atoms in total. The van der Waals surface area contributed by atoms with E-state index in [1.54, 1.807) is 6.08 Å². The third-order valence-corrected chi connectivity index (χ3v) is 0.793. The first-order valence-corrected chi connectivity index (χ1v) is 2.53. The largest absolute Gasteiger partial charge is 0.242 e. The Kier molecular flexibility index (Phi) is 3.81. The van der Waals surface area contributed by atoms with Crippen LogP contribution in [0.2, 0.25) is 0 Å². The first-order chi connectivity index (χ1) is 3.81. The number of hydrogen-bond donors (Lipinski definition) is 1. The van der Waals surface area contributed by atoms with Gasteiger partial charge in [-0.2, -0.15) is 0 Å². The first-order valence-electron chi connectivity index (χ1n) is 2.53. The van der Waals surface area contributed by atoms with E-state index in [0.717, 1.165) is 6.42 Å². The van der Waals surface area contributed by atoms with E-state index in [1.165, 1.54) is 0 Å². The topological polar surface area (TPSA) is 36.2 Å². The molecule has 0 saturated heterocycles. The van der Waals surface area contributed by atoms with Crippen molar-refractivity contribution < 1.29 is 0 Å². The third-order valence-electron chi connectivity index (χ3n) is 0.793. The van der Waals surface area contributed by atoms with Crippen molar-refractivity contribution in [2.45, 2.75) is 19.4 Å². The van der Waals surface area contributed by atoms with E-state index in [-0.39, 0.29) is 6.04 Å². The summed E-state index contributed by atoms with van der Waals surface area (Å²) in [6.07, 6.45) is 2.61. The van der Waals surface area contributed by atoms with Gasteiger partial charge in [0.1, 0.15) is 0 Å². The van der Waals surface area contributed by atoms with Crippen LogP contribution in [0, 0.1) is 5.41 Å². The standard InChI is InChI=1S/C6H10N2/c1-3-4-6(2)8-5-7/h3,6-7H,1,4H2,2H3. The minimum Gasteiger partial charge on any atom is -0.242 e. The van der Waals surface area contributed by atoms with E-state index in [9.17, 15) is 0 Å². The number of nitrogens with one attached hydrogen (secondary N) is 1. The summed E-state index contributed by atoms with van der Waals surface area (Å²) in [6.45, 7) is 5.45. The van der Waals surface area contributed by atoms with Crippen molar-refractivity contribution in [2.24, 2.45) is 4.99 Å². The monoisotopic (exact) mass is 110 g/mol. The van der Waals surface area contributed by atoms with Crippen LogP contribution in [0.1, 0.15) is 13.3 Å². The van der Waals surface area contributed by atoms with Gasteiger partial charge in [-0.05, 0) is 13.3 Å². The van der Waals surface area contributed by atoms with Crippen LogP contribution in [0.4, 0.5) is 0 Å². The van der Waals surface area contributed by atoms with Crippen LogP contribution in [0.15, 0.2) is 17.6 Å². The number of rotatable bonds is 3. The lowest BCUT2D eigenvalue weighted by atomic mass is 10.2. The van der Waals surface area contributed by atoms with E-state index >= 15 is 0 Å². The van der Waals surface area contributed by atoms with Crippen LogP contribution in [0.25, 0.3) is 0 Å². The lowest BCUT2D eigenvalue weighted by Gasteiger charge is -1.94. The summed E-state index contributed by atoms with van der Waals surface area (Å²) in [7, 11) is 0. The van der Waals surface area contributed by atoms with Gasteiger partial charge in [0.2, 0.25) is 0 Å². The zero-order valence-electron chi connectivity index (χ0n) is 5.02. The van der Waals surface area contributed by atoms with Gasteiger partial charge in [0, 0.05) is 0 Å². The first kappa shape index (κ1) is 7.12. The molecule has 0 rings (SSSR count). The van der Waals surface area contributed by atoms with Crippen LogP contribution in [-0.2, 0) is 0 Å². The van der Waals surface area contributed by atoms with Crippen molar-refractivity contribution in [3.8, 4) is 0 Å². The van der Waals surface area contributed by atoms with Gasteiger partial charge in [-0.3, -0.25) is 0 Å². The Hall–Kier alpha value is -0.880. The third kappa shape index (κ3) is 3.32. The van der Waals surface area contributed by atoms with Gasteiger partial charge in [-0.1, -0.05) is 6.08 Å². The lowest BCUT2D eigenvalue weighted by molar-refractivity contribution is 0.764. The second-order valence-electron chi connectivity index (χ2n) is 1.61. The highest BCUT2D eigenvalue weighted by Gasteiger charge is 1.89. The maximum atomic E-state index is 6.46. The molecule has 0 aromatic rings. The Morgan fingerprint density at radius 3 is 3.00 bits per heavy atom. The molecule has 0 bridgehead atoms. The Morgan fingerprint density at radius 2 is 2.62 bits per heavy atom. The molecule has 0 amide bonds. The van der Waals surface area contributed by atoms with E-state index in [0.29, 0.717) is 0 Å². The van der Waals surface area contributed by atoms with Crippen molar-refractivity contribution in [2.75, 3.05) is 0 Å². The van der Waals surface area contributed by atoms with E-state index in [4.69, 9.17) is 5.41 Å². The molecule has 0 aromatic carbocycles. The van der Waals surface area contributed by atoms with Gasteiger partial charge < -0.3 is 0 Å². The smallest absolute Gasteiger partial charge is 0.0864 e. The number of hydrogen-bond acceptors (Lipinski definition) is 2. The van der Waals surface area contributed by atoms with E-state index < -0.39 is 0 Å². The van der Waals surface area contributed by atoms with Crippen LogP contribution in [0.5, 0.6) is 0 Å². The molecule has 2 heteroatoms. The minimum atomic E-state index is 0.171. The normalized spacial score (nSPS) is 11.6. The van der Waals surface area contributed by atoms with E-state index in [1.807, 2.05) is 12.9 Å². The molecular formula is C6H10N2. The van der Waals surface area contributed by atoms with Crippen molar-refractivity contribution in [1.82, 2.24) is 0 Å². The predicted molar refractivity (Wildman–Crippen MR) is 34.4 cm³/mol. The van der Waals surface area contributed by atoms with Crippen LogP contribution < -0.4 is 0 Å². The zero-order chi connectivity index (χ0) is 6.41. The van der Waals surface area contributed by atoms with Gasteiger partial charge in [0.05, 0.1) is 12.1 Å². The quantitative estimate of drug-likeness (QED) is 0.424. The second-order valence-corrected chi connectivity index (χ2v) is 1.61. The van der Waals surface area contributed by atoms with Crippen LogP contribution in [-0.4, -0.2) is 12.1 Å². The van der Waals surface area contributed by atoms with Crippen LogP contribution in [0.3, 0.4) is 0 Å². The molecule has 0 aliphatic heterocycles. The molecule has 0 spiro atoms. The molecule has 1 N–H and O–H groups in total. The van der Waals surface area contributed by atoms with Gasteiger partial charge in [0.25, 0.3) is 0 Å². The van der Waals surface area contributed by atoms with Crippen LogP contribution >= 0.6 is 0 Å². The minimum absolute atomic E-state index is 0.171. The highest BCUT2D eigenvalue weighted by atomic mass is 14.8. The molecule has 0 aromatic heterocycles. The molecule has 0 aliphatic rings. The summed E-state index contributed by atoms with van der Waals surface area (Å²) in [5, 5.41) is 6.46. The van der Waals surface area contributed by atoms with Gasteiger partial charge in [0.15, 0.2) is 0 Å². The van der Waals surface area contributed by atoms with Gasteiger partial charge in [-0.15, -0.1) is 6.58 Å². The van der Waals surface area contributed by atoms with Gasteiger partial charge in [-0.25, -0.2) is 10.4 Å². The van der Waals surface area contributed by atoms with Crippen molar-refractivity contribution >= 4 is 6.01 Å². The maximum Gasteiger partial charge on any atom is 0.0864 e. The molecule has 44 valence electrons. The average molecular weight is 110 g/mol. The summed E-state index contributed by atoms with van der Waals surface area (Å²) in [4.78, 5) is 3.66. The summed E-state index contributed by atoms with van der Waals surface area (Å²) in [5.74, 6) is 0. The van der Waals surface area contributed by atoms with Crippen molar-refractivity contribution in [1.29, 1.82) is 5.41 Å². The summed E-state index contributed by atoms with van der Waals surface area (Å²) in [5.41, 5.74) is 0. The maximum absolute atomic E-state index is 6.46. The lowest BCUT2D eigenvalue weighted by Crippen LogP contribution is -1.92. The number of aliphatic imine (C=N–C) groups is 1. The highest BCUT2D eigenvalue weighted by molar-refractivity contribution is 5.36. The molecule has 0 saturated carbocycles. The average Bonchev–Trinajstić information content (AvgIpc) is 1.68. The number of nitrogens with zero attached hydrogens (tertiary/aromatic N) is 1. The fraction of sp³-hybridized carbons (Fsp3) is 0.500. The zero-order valence-corrected chi connectivity index (χ0v) is 5.02. The van der Waals surface area contributed by atoms with Crippen molar-refractivity contribution in [3.05, 3.63) is 12.7 Å². The molecule has 1 atom stereocenters. The molecular weight excluding hydrogens is 100 g/mol. The molecule has 0 fully saturated rings. The van der Waals surface area contributed by atoms with Crippen molar-refractivity contribution in [3.63, 3.8) is 0 Å². The molecule has 0 aliphatic carbocycles. The summed E-state index contributed by atoms with van der Waals surface area (Å²) >= 11 is 0. The van der Waals surface area contributed by atoms with Gasteiger partial charge >= 0.3 is 0 Å². The van der Waals surface area contributed by atoms with E-state index in [2.05, 4.69) is 11.6 Å². The molecule has 8 heavy (non-hydrogen) atoms. The highest BCUT2D eigenvalue weighted by Crippen LogP contribution is 1.93. The Bertz CT molecular complexity index is 112. The molecule has 0 heterocycles. The Balaban J connectivity index is 3.46. The molecule has 0 radical (unpaired) electrons. The Labute approximate surface area is 49.5 Å². The fourth-order valence-electron chi connectivity index (χ4n) is 0.404. The fourth-order valence-corrected chi connectivity index (χ4v) is 0.404. The second kappa shape index (κ2) is 4.28. The predicted octanol–water partition coefficient (Wildman–Crippen LogP) is 1.70. The molecule has 1 unspecified atom stereocenters. The summed E-state index contributed by atoms with van der Waals surface area (Å²) < 4.78 is 0. The SMILES string of the molecule is C=CCC(C)N=C=N.